The van der Waals surface area contributed by atoms with Crippen molar-refractivity contribution in [2.45, 2.75) is 26.2 Å². The second kappa shape index (κ2) is 1.59. The summed E-state index contributed by atoms with van der Waals surface area (Å²) in [6.07, 6.45) is 3.80. The van der Waals surface area contributed by atoms with Gasteiger partial charge in [0.2, 0.25) is 0 Å². The molecule has 1 nitrogen and oxygen atoms in total. The molecule has 2 saturated carbocycles. The fraction of sp³-hybridized carbons (Fsp3) is 0.875. The number of fused-ring (bicyclic) bond motifs is 1. The first-order valence-corrected chi connectivity index (χ1v) is 3.84. The van der Waals surface area contributed by atoms with E-state index >= 15 is 0 Å². The van der Waals surface area contributed by atoms with Crippen LogP contribution in [0, 0.1) is 17.8 Å². The minimum Gasteiger partial charge on any atom is -0.299 e. The molecule has 0 spiro atoms. The lowest BCUT2D eigenvalue weighted by Crippen LogP contribution is -2.42. The molecule has 3 atom stereocenters. The van der Waals surface area contributed by atoms with Gasteiger partial charge in [-0.05, 0) is 18.8 Å². The first-order chi connectivity index (χ1) is 4.30. The van der Waals surface area contributed by atoms with Crippen molar-refractivity contribution < 1.29 is 4.79 Å². The maximum atomic E-state index is 11.0. The van der Waals surface area contributed by atoms with Crippen LogP contribution in [0.25, 0.3) is 0 Å². The van der Waals surface area contributed by atoms with E-state index in [1.807, 2.05) is 0 Å². The van der Waals surface area contributed by atoms with E-state index in [-0.39, 0.29) is 0 Å². The van der Waals surface area contributed by atoms with Crippen molar-refractivity contribution in [2.24, 2.45) is 17.8 Å². The van der Waals surface area contributed by atoms with Gasteiger partial charge in [0.1, 0.15) is 5.78 Å². The maximum Gasteiger partial charge on any atom is 0.139 e. The minimum absolute atomic E-state index is 0.414. The summed E-state index contributed by atoms with van der Waals surface area (Å²) in [6, 6.07) is 0. The summed E-state index contributed by atoms with van der Waals surface area (Å²) in [5.41, 5.74) is 0. The third-order valence-electron chi connectivity index (χ3n) is 3.03. The van der Waals surface area contributed by atoms with Gasteiger partial charge >= 0.3 is 0 Å². The van der Waals surface area contributed by atoms with Crippen LogP contribution in [0.4, 0.5) is 0 Å². The van der Waals surface area contributed by atoms with Crippen LogP contribution < -0.4 is 0 Å². The molecule has 0 aromatic heterocycles. The minimum atomic E-state index is 0.414. The molecule has 0 radical (unpaired) electrons. The first-order valence-electron chi connectivity index (χ1n) is 3.84. The molecule has 2 fully saturated rings. The number of hydrogen-bond donors (Lipinski definition) is 0. The van der Waals surface area contributed by atoms with Crippen molar-refractivity contribution in [1.29, 1.82) is 0 Å². The van der Waals surface area contributed by atoms with Crippen LogP contribution in [0.5, 0.6) is 0 Å². The summed E-state index contributed by atoms with van der Waals surface area (Å²) in [5.74, 6) is 2.24. The lowest BCUT2D eigenvalue weighted by atomic mass is 9.66. The number of rotatable bonds is 0. The smallest absolute Gasteiger partial charge is 0.139 e. The number of hydrogen-bond acceptors (Lipinski definition) is 1. The van der Waals surface area contributed by atoms with E-state index in [2.05, 4.69) is 6.92 Å². The topological polar surface area (TPSA) is 17.1 Å². The summed E-state index contributed by atoms with van der Waals surface area (Å²) in [7, 11) is 0. The van der Waals surface area contributed by atoms with Gasteiger partial charge < -0.3 is 0 Å². The maximum absolute atomic E-state index is 11.0. The van der Waals surface area contributed by atoms with Crippen LogP contribution in [-0.2, 0) is 4.79 Å². The van der Waals surface area contributed by atoms with Crippen molar-refractivity contribution in [3.05, 3.63) is 0 Å². The van der Waals surface area contributed by atoms with Gasteiger partial charge in [-0.15, -0.1) is 0 Å². The van der Waals surface area contributed by atoms with Crippen molar-refractivity contribution >= 4 is 5.78 Å². The molecule has 2 aliphatic rings. The van der Waals surface area contributed by atoms with Crippen molar-refractivity contribution in [3.8, 4) is 0 Å². The van der Waals surface area contributed by atoms with Crippen LogP contribution in [0.3, 0.4) is 0 Å². The number of carbonyl (C=O) groups excluding carboxylic acids is 1. The second-order valence-electron chi connectivity index (χ2n) is 3.39. The zero-order valence-corrected chi connectivity index (χ0v) is 5.76. The highest BCUT2D eigenvalue weighted by atomic mass is 16.1. The van der Waals surface area contributed by atoms with E-state index < -0.39 is 0 Å². The standard InChI is InChI=1S/C8H12O/c1-5-6-3-2-4-7(6)8(5)9/h5-7H,2-4H2,1H3/t5-,6+,7+/m0/s1. The van der Waals surface area contributed by atoms with Gasteiger partial charge in [0.15, 0.2) is 0 Å². The molecule has 2 rings (SSSR count). The molecule has 0 heterocycles. The number of carbonyl (C=O) groups is 1. The summed E-state index contributed by atoms with van der Waals surface area (Å²) in [6.45, 7) is 2.08. The fourth-order valence-corrected chi connectivity index (χ4v) is 2.37. The van der Waals surface area contributed by atoms with Crippen LogP contribution >= 0.6 is 0 Å². The Hall–Kier alpha value is -0.330. The van der Waals surface area contributed by atoms with E-state index in [1.165, 1.54) is 19.3 Å². The summed E-state index contributed by atoms with van der Waals surface area (Å²) in [5, 5.41) is 0. The normalized spacial score (nSPS) is 48.6. The largest absolute Gasteiger partial charge is 0.299 e. The van der Waals surface area contributed by atoms with Gasteiger partial charge in [-0.25, -0.2) is 0 Å². The predicted molar refractivity (Wildman–Crippen MR) is 35.0 cm³/mol. The van der Waals surface area contributed by atoms with Crippen molar-refractivity contribution in [1.82, 2.24) is 0 Å². The molecule has 1 heteroatoms. The fourth-order valence-electron chi connectivity index (χ4n) is 2.37. The second-order valence-corrected chi connectivity index (χ2v) is 3.39. The zero-order valence-electron chi connectivity index (χ0n) is 5.76. The molecule has 0 N–H and O–H groups in total. The summed E-state index contributed by atoms with van der Waals surface area (Å²) < 4.78 is 0. The van der Waals surface area contributed by atoms with Crippen LogP contribution in [0.2, 0.25) is 0 Å². The Balaban J connectivity index is 2.14. The Morgan fingerprint density at radius 2 is 2.22 bits per heavy atom. The van der Waals surface area contributed by atoms with Gasteiger partial charge in [0.25, 0.3) is 0 Å². The van der Waals surface area contributed by atoms with Crippen LogP contribution in [-0.4, -0.2) is 5.78 Å². The van der Waals surface area contributed by atoms with Gasteiger partial charge in [-0.2, -0.15) is 0 Å². The van der Waals surface area contributed by atoms with Gasteiger partial charge in [-0.1, -0.05) is 13.3 Å². The predicted octanol–water partition coefficient (Wildman–Crippen LogP) is 1.62. The van der Waals surface area contributed by atoms with E-state index in [4.69, 9.17) is 0 Å². The quantitative estimate of drug-likeness (QED) is 0.479. The molecular weight excluding hydrogens is 112 g/mol. The summed E-state index contributed by atoms with van der Waals surface area (Å²) in [4.78, 5) is 11.0. The Morgan fingerprint density at radius 3 is 2.89 bits per heavy atom. The number of Topliss-reactive ketones (excluding diaryl/α,β-unsaturated/α-hetero) is 1. The Bertz CT molecular complexity index is 151. The molecule has 50 valence electrons. The molecule has 0 unspecified atom stereocenters. The average molecular weight is 124 g/mol. The molecule has 0 saturated heterocycles. The van der Waals surface area contributed by atoms with E-state index in [1.54, 1.807) is 0 Å². The van der Waals surface area contributed by atoms with E-state index in [0.29, 0.717) is 17.6 Å². The van der Waals surface area contributed by atoms with Gasteiger partial charge in [0, 0.05) is 11.8 Å². The monoisotopic (exact) mass is 124 g/mol. The summed E-state index contributed by atoms with van der Waals surface area (Å²) >= 11 is 0. The van der Waals surface area contributed by atoms with Crippen molar-refractivity contribution in [3.63, 3.8) is 0 Å². The highest BCUT2D eigenvalue weighted by molar-refractivity contribution is 5.90. The van der Waals surface area contributed by atoms with Crippen molar-refractivity contribution in [2.75, 3.05) is 0 Å². The highest BCUT2D eigenvalue weighted by Crippen LogP contribution is 2.47. The molecule has 0 amide bonds. The molecular formula is C8H12O. The molecule has 0 aliphatic heterocycles. The first kappa shape index (κ1) is 5.45. The van der Waals surface area contributed by atoms with Gasteiger partial charge in [0.05, 0.1) is 0 Å². The number of ketones is 1. The molecule has 2 aliphatic carbocycles. The van der Waals surface area contributed by atoms with Crippen LogP contribution in [0.1, 0.15) is 26.2 Å². The molecule has 0 aromatic rings. The Kier molecular flexibility index (Phi) is 0.961. The average Bonchev–Trinajstić information content (AvgIpc) is 2.30. The Morgan fingerprint density at radius 1 is 1.44 bits per heavy atom. The third-order valence-corrected chi connectivity index (χ3v) is 3.03. The van der Waals surface area contributed by atoms with Crippen LogP contribution in [0.15, 0.2) is 0 Å². The lowest BCUT2D eigenvalue weighted by molar-refractivity contribution is -0.139. The lowest BCUT2D eigenvalue weighted by Gasteiger charge is -2.35. The van der Waals surface area contributed by atoms with E-state index in [9.17, 15) is 4.79 Å². The highest BCUT2D eigenvalue weighted by Gasteiger charge is 2.48. The molecule has 0 aromatic carbocycles. The molecule has 9 heavy (non-hydrogen) atoms. The Labute approximate surface area is 55.4 Å². The third kappa shape index (κ3) is 0.525. The SMILES string of the molecule is C[C@@H]1C(=O)[C@@H]2CCC[C@H]12. The van der Waals surface area contributed by atoms with Gasteiger partial charge in [-0.3, -0.25) is 4.79 Å². The molecule has 0 bridgehead atoms. The van der Waals surface area contributed by atoms with E-state index in [0.717, 1.165) is 5.92 Å². The zero-order chi connectivity index (χ0) is 6.43.